The summed E-state index contributed by atoms with van der Waals surface area (Å²) in [7, 11) is 0. The van der Waals surface area contributed by atoms with Gasteiger partial charge in [-0.05, 0) is 6.92 Å². The third-order valence-electron chi connectivity index (χ3n) is 0.470. The number of hydrogen-bond acceptors (Lipinski definition) is 1. The summed E-state index contributed by atoms with van der Waals surface area (Å²) >= 11 is 0. The highest BCUT2D eigenvalue weighted by Crippen LogP contribution is 2.13. The van der Waals surface area contributed by atoms with Crippen molar-refractivity contribution in [2.24, 2.45) is 0 Å². The molecule has 0 N–H and O–H groups in total. The number of alkyl halides is 3. The second-order valence-corrected chi connectivity index (χ2v) is 1.25. The van der Waals surface area contributed by atoms with Crippen molar-refractivity contribution in [3.63, 3.8) is 0 Å². The predicted octanol–water partition coefficient (Wildman–Crippen LogP) is 1.20. The fraction of sp³-hybridized carbons (Fsp3) is 1.00. The normalized spacial score (nSPS) is 10.7. The van der Waals surface area contributed by atoms with Crippen molar-refractivity contribution in [3.8, 4) is 0 Å². The zero-order chi connectivity index (χ0) is 6.62. The SMILES string of the molecule is CCOCC(F)(F)F.[B]. The van der Waals surface area contributed by atoms with Gasteiger partial charge in [0.25, 0.3) is 0 Å². The number of ether oxygens (including phenoxy) is 1. The molecule has 0 atom stereocenters. The van der Waals surface area contributed by atoms with Gasteiger partial charge in [-0.3, -0.25) is 0 Å². The molecule has 53 valence electrons. The van der Waals surface area contributed by atoms with E-state index in [9.17, 15) is 13.2 Å². The monoisotopic (exact) mass is 139 g/mol. The maximum absolute atomic E-state index is 11.1. The first-order valence-corrected chi connectivity index (χ1v) is 2.20. The summed E-state index contributed by atoms with van der Waals surface area (Å²) in [4.78, 5) is 0. The Balaban J connectivity index is 0. The van der Waals surface area contributed by atoms with Gasteiger partial charge in [0.1, 0.15) is 6.61 Å². The highest BCUT2D eigenvalue weighted by molar-refractivity contribution is 5.75. The minimum absolute atomic E-state index is 0. The molecule has 0 spiro atoms. The quantitative estimate of drug-likeness (QED) is 0.522. The van der Waals surface area contributed by atoms with Crippen LogP contribution < -0.4 is 0 Å². The molecule has 1 nitrogen and oxygen atoms in total. The van der Waals surface area contributed by atoms with E-state index >= 15 is 0 Å². The number of rotatable bonds is 2. The lowest BCUT2D eigenvalue weighted by molar-refractivity contribution is -0.172. The second kappa shape index (κ2) is 4.67. The van der Waals surface area contributed by atoms with Crippen molar-refractivity contribution < 1.29 is 17.9 Å². The number of hydrogen-bond donors (Lipinski definition) is 0. The van der Waals surface area contributed by atoms with E-state index in [0.717, 1.165) is 0 Å². The summed E-state index contributed by atoms with van der Waals surface area (Å²) in [5.74, 6) is 0. The summed E-state index contributed by atoms with van der Waals surface area (Å²) < 4.78 is 37.4. The highest BCUT2D eigenvalue weighted by Gasteiger charge is 2.26. The van der Waals surface area contributed by atoms with E-state index in [4.69, 9.17) is 0 Å². The van der Waals surface area contributed by atoms with Crippen LogP contribution in [-0.2, 0) is 4.74 Å². The minimum Gasteiger partial charge on any atom is -0.372 e. The van der Waals surface area contributed by atoms with Crippen molar-refractivity contribution in [1.82, 2.24) is 0 Å². The summed E-state index contributed by atoms with van der Waals surface area (Å²) in [5, 5.41) is 0. The van der Waals surface area contributed by atoms with Crippen LogP contribution in [0.15, 0.2) is 0 Å². The first-order valence-electron chi connectivity index (χ1n) is 2.20. The van der Waals surface area contributed by atoms with Gasteiger partial charge in [-0.1, -0.05) is 0 Å². The summed E-state index contributed by atoms with van der Waals surface area (Å²) in [5.41, 5.74) is 0. The molecule has 0 saturated heterocycles. The molecule has 0 saturated carbocycles. The minimum atomic E-state index is -4.17. The average Bonchev–Trinajstić information content (AvgIpc) is 1.59. The maximum atomic E-state index is 11.1. The van der Waals surface area contributed by atoms with E-state index in [0.29, 0.717) is 0 Å². The van der Waals surface area contributed by atoms with Gasteiger partial charge in [-0.2, -0.15) is 13.2 Å². The molecule has 3 radical (unpaired) electrons. The molecule has 0 aromatic carbocycles. The van der Waals surface area contributed by atoms with Gasteiger partial charge in [0.2, 0.25) is 0 Å². The fourth-order valence-corrected chi connectivity index (χ4v) is 0.218. The van der Waals surface area contributed by atoms with Crippen LogP contribution in [0, 0.1) is 0 Å². The second-order valence-electron chi connectivity index (χ2n) is 1.25. The molecule has 0 fully saturated rings. The lowest BCUT2D eigenvalue weighted by atomic mass is 10.7. The number of halogens is 3. The zero-order valence-corrected chi connectivity index (χ0v) is 5.03. The van der Waals surface area contributed by atoms with E-state index in [2.05, 4.69) is 4.74 Å². The summed E-state index contributed by atoms with van der Waals surface area (Å²) in [6.07, 6.45) is -4.17. The fourth-order valence-electron chi connectivity index (χ4n) is 0.218. The molecule has 0 heterocycles. The van der Waals surface area contributed by atoms with Gasteiger partial charge in [-0.25, -0.2) is 0 Å². The lowest BCUT2D eigenvalue weighted by Gasteiger charge is -2.03. The first kappa shape index (κ1) is 11.6. The van der Waals surface area contributed by atoms with Crippen LogP contribution in [0.4, 0.5) is 13.2 Å². The molecule has 5 heteroatoms. The van der Waals surface area contributed by atoms with Gasteiger partial charge in [0.15, 0.2) is 0 Å². The highest BCUT2D eigenvalue weighted by atomic mass is 19.4. The first-order chi connectivity index (χ1) is 3.56. The van der Waals surface area contributed by atoms with Crippen LogP contribution in [0.3, 0.4) is 0 Å². The van der Waals surface area contributed by atoms with Crippen LogP contribution >= 0.6 is 0 Å². The van der Waals surface area contributed by atoms with Gasteiger partial charge in [-0.15, -0.1) is 0 Å². The Morgan fingerprint density at radius 2 is 1.78 bits per heavy atom. The average molecular weight is 139 g/mol. The van der Waals surface area contributed by atoms with Crippen molar-refractivity contribution >= 4 is 8.41 Å². The molecule has 0 aromatic rings. The summed E-state index contributed by atoms with van der Waals surface area (Å²) in [6, 6.07) is 0. The molecule has 0 bridgehead atoms. The van der Waals surface area contributed by atoms with E-state index in [1.165, 1.54) is 6.92 Å². The molecule has 9 heavy (non-hydrogen) atoms. The molecule has 0 aromatic heterocycles. The Labute approximate surface area is 53.8 Å². The smallest absolute Gasteiger partial charge is 0.372 e. The van der Waals surface area contributed by atoms with Crippen molar-refractivity contribution in [3.05, 3.63) is 0 Å². The lowest BCUT2D eigenvalue weighted by Crippen LogP contribution is -2.16. The van der Waals surface area contributed by atoms with Crippen molar-refractivity contribution in [2.45, 2.75) is 13.1 Å². The largest absolute Gasteiger partial charge is 0.411 e. The van der Waals surface area contributed by atoms with Gasteiger partial charge in [0, 0.05) is 15.0 Å². The Kier molecular flexibility index (Phi) is 6.02. The molecular formula is C4H7BF3O. The predicted molar refractivity (Wildman–Crippen MR) is 28.3 cm³/mol. The van der Waals surface area contributed by atoms with Crippen LogP contribution in [0.25, 0.3) is 0 Å². The van der Waals surface area contributed by atoms with Crippen LogP contribution in [0.2, 0.25) is 0 Å². The Morgan fingerprint density at radius 1 is 1.33 bits per heavy atom. The molecule has 0 aliphatic carbocycles. The van der Waals surface area contributed by atoms with Crippen LogP contribution in [-0.4, -0.2) is 27.8 Å². The molecule has 0 aliphatic rings. The molecule has 0 rings (SSSR count). The molecular weight excluding hydrogens is 132 g/mol. The Hall–Kier alpha value is -0.185. The standard InChI is InChI=1S/C4H7F3O.B/c1-2-8-3-4(5,6)7;/h2-3H2,1H3;. The topological polar surface area (TPSA) is 9.23 Å². The molecule has 0 amide bonds. The van der Waals surface area contributed by atoms with E-state index < -0.39 is 12.8 Å². The zero-order valence-electron chi connectivity index (χ0n) is 5.03. The summed E-state index contributed by atoms with van der Waals surface area (Å²) in [6.45, 7) is 0.495. The third-order valence-corrected chi connectivity index (χ3v) is 0.470. The Morgan fingerprint density at radius 3 is 1.89 bits per heavy atom. The molecule has 0 unspecified atom stereocenters. The molecule has 0 aliphatic heterocycles. The van der Waals surface area contributed by atoms with Crippen LogP contribution in [0.1, 0.15) is 6.92 Å². The van der Waals surface area contributed by atoms with Crippen LogP contribution in [0.5, 0.6) is 0 Å². The van der Waals surface area contributed by atoms with E-state index in [1.807, 2.05) is 0 Å². The van der Waals surface area contributed by atoms with Gasteiger partial charge >= 0.3 is 6.18 Å². The van der Waals surface area contributed by atoms with Crippen molar-refractivity contribution in [2.75, 3.05) is 13.2 Å². The van der Waals surface area contributed by atoms with Crippen molar-refractivity contribution in [1.29, 1.82) is 0 Å². The third kappa shape index (κ3) is 11.4. The van der Waals surface area contributed by atoms with E-state index in [1.54, 1.807) is 0 Å². The Bertz CT molecular complexity index is 63.3. The van der Waals surface area contributed by atoms with Gasteiger partial charge in [0.05, 0.1) is 0 Å². The van der Waals surface area contributed by atoms with E-state index in [-0.39, 0.29) is 15.0 Å². The maximum Gasteiger partial charge on any atom is 0.411 e. The van der Waals surface area contributed by atoms with Gasteiger partial charge < -0.3 is 4.74 Å².